The summed E-state index contributed by atoms with van der Waals surface area (Å²) in [4.78, 5) is 11.8. The smallest absolute Gasteiger partial charge is 0.254 e. The molecule has 0 unspecified atom stereocenters. The number of carbonyl (C=O) groups excluding carboxylic acids is 1. The molecule has 118 valence electrons. The van der Waals surface area contributed by atoms with Crippen molar-refractivity contribution < 1.29 is 9.18 Å². The van der Waals surface area contributed by atoms with Gasteiger partial charge in [0.15, 0.2) is 11.5 Å². The van der Waals surface area contributed by atoms with Crippen LogP contribution in [0.1, 0.15) is 16.2 Å². The van der Waals surface area contributed by atoms with Crippen molar-refractivity contribution in [1.82, 2.24) is 25.1 Å². The molecule has 2 aromatic heterocycles. The van der Waals surface area contributed by atoms with E-state index in [1.807, 2.05) is 6.92 Å². The highest BCUT2D eigenvalue weighted by Crippen LogP contribution is 2.07. The molecule has 0 aliphatic heterocycles. The number of hydrogen-bond donors (Lipinski definition) is 2. The van der Waals surface area contributed by atoms with Gasteiger partial charge in [0, 0.05) is 13.1 Å². The summed E-state index contributed by atoms with van der Waals surface area (Å²) in [5, 5.41) is 17.9. The number of halogens is 1. The summed E-state index contributed by atoms with van der Waals surface area (Å²) in [6.45, 7) is 2.61. The monoisotopic (exact) mass is 314 g/mol. The van der Waals surface area contributed by atoms with Gasteiger partial charge >= 0.3 is 0 Å². The molecule has 1 amide bonds. The van der Waals surface area contributed by atoms with E-state index >= 15 is 0 Å². The van der Waals surface area contributed by atoms with Gasteiger partial charge in [-0.1, -0.05) is 12.1 Å². The van der Waals surface area contributed by atoms with Crippen LogP contribution in [-0.4, -0.2) is 38.8 Å². The molecule has 0 spiro atoms. The molecule has 0 radical (unpaired) electrons. The maximum atomic E-state index is 13.5. The van der Waals surface area contributed by atoms with Crippen LogP contribution in [0.25, 0.3) is 5.65 Å². The molecule has 7 nitrogen and oxygen atoms in total. The Labute approximate surface area is 131 Å². The Morgan fingerprint density at radius 2 is 2.00 bits per heavy atom. The Bertz CT molecular complexity index is 847. The van der Waals surface area contributed by atoms with Crippen LogP contribution in [0.5, 0.6) is 0 Å². The number of carbonyl (C=O) groups is 1. The lowest BCUT2D eigenvalue weighted by Crippen LogP contribution is -2.29. The summed E-state index contributed by atoms with van der Waals surface area (Å²) < 4.78 is 15.1. The highest BCUT2D eigenvalue weighted by molar-refractivity contribution is 5.94. The Kier molecular flexibility index (Phi) is 4.13. The van der Waals surface area contributed by atoms with Crippen LogP contribution in [-0.2, 0) is 0 Å². The minimum atomic E-state index is -0.534. The van der Waals surface area contributed by atoms with Gasteiger partial charge in [-0.15, -0.1) is 15.3 Å². The predicted molar refractivity (Wildman–Crippen MR) is 82.7 cm³/mol. The van der Waals surface area contributed by atoms with Gasteiger partial charge in [-0.3, -0.25) is 4.79 Å². The molecule has 3 rings (SSSR count). The van der Waals surface area contributed by atoms with E-state index < -0.39 is 11.7 Å². The number of aryl methyl sites for hydroxylation is 1. The minimum absolute atomic E-state index is 0.0344. The minimum Gasteiger partial charge on any atom is -0.367 e. The summed E-state index contributed by atoms with van der Waals surface area (Å²) in [6.07, 6.45) is 0. The first kappa shape index (κ1) is 14.9. The number of aromatic nitrogens is 4. The summed E-state index contributed by atoms with van der Waals surface area (Å²) in [6, 6.07) is 9.45. The SMILES string of the molecule is Cc1nnc2ccc(NCCNC(=O)c3ccccc3F)nn12. The zero-order chi connectivity index (χ0) is 16.2. The molecular formula is C15H15FN6O. The molecule has 0 bridgehead atoms. The predicted octanol–water partition coefficient (Wildman–Crippen LogP) is 1.41. The second-order valence-corrected chi connectivity index (χ2v) is 4.90. The van der Waals surface area contributed by atoms with Gasteiger partial charge in [-0.2, -0.15) is 4.52 Å². The molecule has 0 fully saturated rings. The van der Waals surface area contributed by atoms with Crippen molar-refractivity contribution >= 4 is 17.4 Å². The van der Waals surface area contributed by atoms with Gasteiger partial charge in [-0.25, -0.2) is 4.39 Å². The molecule has 0 saturated heterocycles. The topological polar surface area (TPSA) is 84.2 Å². The van der Waals surface area contributed by atoms with Gasteiger partial charge in [0.25, 0.3) is 5.91 Å². The average Bonchev–Trinajstić information content (AvgIpc) is 2.93. The third kappa shape index (κ3) is 3.25. The third-order valence-electron chi connectivity index (χ3n) is 3.25. The number of fused-ring (bicyclic) bond motifs is 1. The van der Waals surface area contributed by atoms with Crippen molar-refractivity contribution in [3.05, 3.63) is 53.6 Å². The second-order valence-electron chi connectivity index (χ2n) is 4.90. The Morgan fingerprint density at radius 3 is 2.83 bits per heavy atom. The van der Waals surface area contributed by atoms with E-state index in [4.69, 9.17) is 0 Å². The normalized spacial score (nSPS) is 10.7. The number of anilines is 1. The molecule has 3 aromatic rings. The lowest BCUT2D eigenvalue weighted by molar-refractivity contribution is 0.0951. The van der Waals surface area contributed by atoms with Crippen molar-refractivity contribution in [3.8, 4) is 0 Å². The molecule has 0 saturated carbocycles. The number of nitrogens with zero attached hydrogens (tertiary/aromatic N) is 4. The number of amides is 1. The fraction of sp³-hybridized carbons (Fsp3) is 0.200. The standard InChI is InChI=1S/C15H15FN6O/c1-10-19-20-14-7-6-13(21-22(10)14)17-8-9-18-15(23)11-4-2-3-5-12(11)16/h2-7H,8-9H2,1H3,(H,17,21)(H,18,23). The van der Waals surface area contributed by atoms with E-state index in [1.54, 1.807) is 28.8 Å². The molecule has 2 N–H and O–H groups in total. The van der Waals surface area contributed by atoms with Crippen LogP contribution >= 0.6 is 0 Å². The Morgan fingerprint density at radius 1 is 1.17 bits per heavy atom. The third-order valence-corrected chi connectivity index (χ3v) is 3.25. The lowest BCUT2D eigenvalue weighted by atomic mass is 10.2. The molecule has 0 aliphatic rings. The van der Waals surface area contributed by atoms with E-state index in [2.05, 4.69) is 25.9 Å². The van der Waals surface area contributed by atoms with E-state index in [9.17, 15) is 9.18 Å². The Balaban J connectivity index is 1.54. The van der Waals surface area contributed by atoms with E-state index in [0.29, 0.717) is 30.4 Å². The van der Waals surface area contributed by atoms with Crippen LogP contribution < -0.4 is 10.6 Å². The number of rotatable bonds is 5. The molecule has 1 aromatic carbocycles. The van der Waals surface area contributed by atoms with Crippen molar-refractivity contribution in [2.45, 2.75) is 6.92 Å². The van der Waals surface area contributed by atoms with E-state index in [1.165, 1.54) is 12.1 Å². The summed E-state index contributed by atoms with van der Waals surface area (Å²) in [5.74, 6) is 0.355. The van der Waals surface area contributed by atoms with Gasteiger partial charge in [0.1, 0.15) is 11.6 Å². The van der Waals surface area contributed by atoms with Gasteiger partial charge in [0.2, 0.25) is 0 Å². The second kappa shape index (κ2) is 6.39. The van der Waals surface area contributed by atoms with Gasteiger partial charge in [0.05, 0.1) is 5.56 Å². The zero-order valence-electron chi connectivity index (χ0n) is 12.5. The van der Waals surface area contributed by atoms with Crippen molar-refractivity contribution in [3.63, 3.8) is 0 Å². The van der Waals surface area contributed by atoms with Crippen molar-refractivity contribution in [2.75, 3.05) is 18.4 Å². The molecule has 23 heavy (non-hydrogen) atoms. The first-order chi connectivity index (χ1) is 11.1. The van der Waals surface area contributed by atoms with E-state index in [0.717, 1.165) is 0 Å². The van der Waals surface area contributed by atoms with Crippen LogP contribution in [0.3, 0.4) is 0 Å². The van der Waals surface area contributed by atoms with Crippen LogP contribution in [0, 0.1) is 12.7 Å². The number of benzene rings is 1. The molecule has 8 heteroatoms. The van der Waals surface area contributed by atoms with Crippen LogP contribution in [0.15, 0.2) is 36.4 Å². The van der Waals surface area contributed by atoms with Gasteiger partial charge < -0.3 is 10.6 Å². The molecule has 0 aliphatic carbocycles. The number of nitrogens with one attached hydrogen (secondary N) is 2. The van der Waals surface area contributed by atoms with Crippen LogP contribution in [0.4, 0.5) is 10.2 Å². The van der Waals surface area contributed by atoms with Gasteiger partial charge in [-0.05, 0) is 31.2 Å². The lowest BCUT2D eigenvalue weighted by Gasteiger charge is -2.08. The average molecular weight is 314 g/mol. The quantitative estimate of drug-likeness (QED) is 0.696. The molecule has 2 heterocycles. The molecular weight excluding hydrogens is 299 g/mol. The largest absolute Gasteiger partial charge is 0.367 e. The first-order valence-corrected chi connectivity index (χ1v) is 7.11. The fourth-order valence-electron chi connectivity index (χ4n) is 2.10. The van der Waals surface area contributed by atoms with Crippen molar-refractivity contribution in [1.29, 1.82) is 0 Å². The zero-order valence-corrected chi connectivity index (χ0v) is 12.5. The highest BCUT2D eigenvalue weighted by atomic mass is 19.1. The van der Waals surface area contributed by atoms with E-state index in [-0.39, 0.29) is 5.56 Å². The van der Waals surface area contributed by atoms with Crippen LogP contribution in [0.2, 0.25) is 0 Å². The Hall–Kier alpha value is -3.03. The summed E-state index contributed by atoms with van der Waals surface area (Å²) in [5.41, 5.74) is 0.702. The maximum absolute atomic E-state index is 13.5. The fourth-order valence-corrected chi connectivity index (χ4v) is 2.10. The number of hydrogen-bond acceptors (Lipinski definition) is 5. The first-order valence-electron chi connectivity index (χ1n) is 7.11. The summed E-state index contributed by atoms with van der Waals surface area (Å²) in [7, 11) is 0. The molecule has 0 atom stereocenters. The summed E-state index contributed by atoms with van der Waals surface area (Å²) >= 11 is 0. The highest BCUT2D eigenvalue weighted by Gasteiger charge is 2.09. The maximum Gasteiger partial charge on any atom is 0.254 e. The van der Waals surface area contributed by atoms with Crippen molar-refractivity contribution in [2.24, 2.45) is 0 Å².